The molecule has 3 N–H and O–H groups in total. The largest absolute Gasteiger partial charge is 0.485 e. The fourth-order valence-corrected chi connectivity index (χ4v) is 5.25. The minimum absolute atomic E-state index is 0.0627. The van der Waals surface area contributed by atoms with E-state index in [1.54, 1.807) is 42.0 Å². The predicted octanol–water partition coefficient (Wildman–Crippen LogP) is 4.59. The van der Waals surface area contributed by atoms with Crippen molar-refractivity contribution in [3.05, 3.63) is 54.1 Å². The van der Waals surface area contributed by atoms with Gasteiger partial charge < -0.3 is 30.3 Å². The van der Waals surface area contributed by atoms with E-state index in [1.807, 2.05) is 37.3 Å². The normalized spacial score (nSPS) is 20.6. The van der Waals surface area contributed by atoms with Crippen molar-refractivity contribution in [2.24, 2.45) is 11.8 Å². The summed E-state index contributed by atoms with van der Waals surface area (Å²) in [6.45, 7) is 4.18. The molecule has 4 amide bonds. The molecule has 1 saturated carbocycles. The molecule has 1 fully saturated rings. The lowest BCUT2D eigenvalue weighted by Gasteiger charge is -2.38. The number of benzene rings is 2. The van der Waals surface area contributed by atoms with Gasteiger partial charge in [-0.25, -0.2) is 4.79 Å². The number of urea groups is 1. The van der Waals surface area contributed by atoms with Crippen LogP contribution in [0.1, 0.15) is 56.3 Å². The first-order valence-electron chi connectivity index (χ1n) is 13.9. The first-order chi connectivity index (χ1) is 18.8. The van der Waals surface area contributed by atoms with Crippen LogP contribution in [0.25, 0.3) is 0 Å². The summed E-state index contributed by atoms with van der Waals surface area (Å²) in [6, 6.07) is 13.7. The molecule has 3 atom stereocenters. The number of carbonyl (C=O) groups excluding carboxylic acids is 3. The van der Waals surface area contributed by atoms with Crippen LogP contribution in [0.2, 0.25) is 0 Å². The second-order valence-corrected chi connectivity index (χ2v) is 10.8. The molecule has 2 aromatic carbocycles. The zero-order valence-corrected chi connectivity index (χ0v) is 23.1. The Bertz CT molecular complexity index is 1150. The van der Waals surface area contributed by atoms with Crippen molar-refractivity contribution in [2.75, 3.05) is 37.4 Å². The lowest BCUT2D eigenvalue weighted by molar-refractivity contribution is -0.120. The SMILES string of the molecule is C[C@@H]1CN([C@@H](C)CO)C(=O)c2cccc(NC(=O)C3CCCCC3)c2O[C@H]1CN(C)C(=O)Nc1ccccc1. The Hall–Kier alpha value is -3.59. The Morgan fingerprint density at radius 3 is 2.49 bits per heavy atom. The third kappa shape index (κ3) is 6.89. The van der Waals surface area contributed by atoms with E-state index in [9.17, 15) is 19.5 Å². The van der Waals surface area contributed by atoms with Gasteiger partial charge in [-0.05, 0) is 44.0 Å². The number of amides is 4. The Labute approximate surface area is 230 Å². The Morgan fingerprint density at radius 1 is 1.08 bits per heavy atom. The molecule has 2 aromatic rings. The maximum Gasteiger partial charge on any atom is 0.321 e. The average Bonchev–Trinajstić information content (AvgIpc) is 2.95. The number of carbonyl (C=O) groups is 3. The molecule has 9 nitrogen and oxygen atoms in total. The van der Waals surface area contributed by atoms with E-state index in [-0.39, 0.29) is 42.8 Å². The monoisotopic (exact) mass is 536 g/mol. The highest BCUT2D eigenvalue weighted by Crippen LogP contribution is 2.36. The number of anilines is 2. The number of likely N-dealkylation sites (N-methyl/N-ethyl adjacent to an activating group) is 1. The minimum Gasteiger partial charge on any atom is -0.485 e. The molecule has 1 heterocycles. The number of fused-ring (bicyclic) bond motifs is 1. The molecule has 210 valence electrons. The third-order valence-corrected chi connectivity index (χ3v) is 7.75. The van der Waals surface area contributed by atoms with Crippen molar-refractivity contribution in [3.8, 4) is 5.75 Å². The molecule has 0 saturated heterocycles. The fraction of sp³-hybridized carbons (Fsp3) is 0.500. The first kappa shape index (κ1) is 28.4. The van der Waals surface area contributed by atoms with E-state index in [0.29, 0.717) is 29.2 Å². The van der Waals surface area contributed by atoms with Crippen LogP contribution in [0.3, 0.4) is 0 Å². The van der Waals surface area contributed by atoms with Crippen molar-refractivity contribution in [3.63, 3.8) is 0 Å². The van der Waals surface area contributed by atoms with Crippen LogP contribution in [-0.2, 0) is 4.79 Å². The van der Waals surface area contributed by atoms with Gasteiger partial charge in [0.2, 0.25) is 5.91 Å². The molecule has 0 spiro atoms. The maximum atomic E-state index is 13.7. The number of nitrogens with one attached hydrogen (secondary N) is 2. The van der Waals surface area contributed by atoms with Crippen LogP contribution in [0.5, 0.6) is 5.75 Å². The van der Waals surface area contributed by atoms with Gasteiger partial charge in [0, 0.05) is 31.1 Å². The summed E-state index contributed by atoms with van der Waals surface area (Å²) in [5, 5.41) is 15.8. The molecule has 4 rings (SSSR count). The summed E-state index contributed by atoms with van der Waals surface area (Å²) in [6.07, 6.45) is 4.43. The predicted molar refractivity (Wildman–Crippen MR) is 151 cm³/mol. The Balaban J connectivity index is 1.62. The highest BCUT2D eigenvalue weighted by atomic mass is 16.5. The lowest BCUT2D eigenvalue weighted by Crippen LogP contribution is -2.50. The highest BCUT2D eigenvalue weighted by Gasteiger charge is 2.35. The topological polar surface area (TPSA) is 111 Å². The molecule has 2 aliphatic rings. The minimum atomic E-state index is -0.482. The second kappa shape index (κ2) is 13.0. The van der Waals surface area contributed by atoms with Crippen molar-refractivity contribution < 1.29 is 24.2 Å². The summed E-state index contributed by atoms with van der Waals surface area (Å²) >= 11 is 0. The number of hydrogen-bond donors (Lipinski definition) is 3. The van der Waals surface area contributed by atoms with Gasteiger partial charge in [0.15, 0.2) is 5.75 Å². The molecule has 0 radical (unpaired) electrons. The van der Waals surface area contributed by atoms with E-state index in [0.717, 1.165) is 32.1 Å². The molecular formula is C30H40N4O5. The summed E-state index contributed by atoms with van der Waals surface area (Å²) in [5.74, 6) is -0.265. The van der Waals surface area contributed by atoms with Crippen molar-refractivity contribution in [2.45, 2.75) is 58.1 Å². The van der Waals surface area contributed by atoms with Crippen LogP contribution >= 0.6 is 0 Å². The standard InChI is InChI=1S/C30H40N4O5/c1-20-17-34(21(2)19-35)29(37)24-15-10-16-25(32-28(36)22-11-6-4-7-12-22)27(24)39-26(20)18-33(3)30(38)31-23-13-8-5-9-14-23/h5,8-10,13-16,20-22,26,35H,4,6-7,11-12,17-19H2,1-3H3,(H,31,38)(H,32,36)/t20-,21+,26+/m1/s1. The quantitative estimate of drug-likeness (QED) is 0.479. The number of aliphatic hydroxyl groups is 1. The van der Waals surface area contributed by atoms with Crippen molar-refractivity contribution in [1.82, 2.24) is 9.80 Å². The molecule has 0 unspecified atom stereocenters. The molecular weight excluding hydrogens is 496 g/mol. The number of aliphatic hydroxyl groups excluding tert-OH is 1. The van der Waals surface area contributed by atoms with Gasteiger partial charge in [0.1, 0.15) is 6.10 Å². The maximum absolute atomic E-state index is 13.7. The Kier molecular flexibility index (Phi) is 9.45. The summed E-state index contributed by atoms with van der Waals surface area (Å²) in [5.41, 5.74) is 1.46. The smallest absolute Gasteiger partial charge is 0.321 e. The molecule has 0 bridgehead atoms. The number of rotatable bonds is 7. The molecule has 1 aliphatic heterocycles. The number of ether oxygens (including phenoxy) is 1. The van der Waals surface area contributed by atoms with Gasteiger partial charge in [-0.3, -0.25) is 9.59 Å². The van der Waals surface area contributed by atoms with E-state index in [2.05, 4.69) is 10.6 Å². The van der Waals surface area contributed by atoms with Gasteiger partial charge in [0.25, 0.3) is 5.91 Å². The van der Waals surface area contributed by atoms with Crippen molar-refractivity contribution in [1.29, 1.82) is 0 Å². The zero-order valence-electron chi connectivity index (χ0n) is 23.1. The number of para-hydroxylation sites is 2. The molecule has 9 heteroatoms. The number of hydrogen-bond acceptors (Lipinski definition) is 5. The molecule has 0 aromatic heterocycles. The van der Waals surface area contributed by atoms with Gasteiger partial charge in [0.05, 0.1) is 30.4 Å². The van der Waals surface area contributed by atoms with Crippen molar-refractivity contribution >= 4 is 29.2 Å². The van der Waals surface area contributed by atoms with Gasteiger partial charge in [-0.15, -0.1) is 0 Å². The van der Waals surface area contributed by atoms with Gasteiger partial charge >= 0.3 is 6.03 Å². The highest BCUT2D eigenvalue weighted by molar-refractivity contribution is 6.02. The van der Waals surface area contributed by atoms with E-state index in [4.69, 9.17) is 4.74 Å². The molecule has 39 heavy (non-hydrogen) atoms. The lowest BCUT2D eigenvalue weighted by atomic mass is 9.88. The van der Waals surface area contributed by atoms with Crippen LogP contribution in [-0.4, -0.2) is 71.6 Å². The second-order valence-electron chi connectivity index (χ2n) is 10.8. The summed E-state index contributed by atoms with van der Waals surface area (Å²) < 4.78 is 6.53. The van der Waals surface area contributed by atoms with Gasteiger partial charge in [-0.2, -0.15) is 0 Å². The van der Waals surface area contributed by atoms with E-state index in [1.165, 1.54) is 0 Å². The van der Waals surface area contributed by atoms with Crippen LogP contribution in [0.4, 0.5) is 16.2 Å². The van der Waals surface area contributed by atoms with E-state index < -0.39 is 12.1 Å². The zero-order chi connectivity index (χ0) is 27.9. The Morgan fingerprint density at radius 2 is 1.79 bits per heavy atom. The van der Waals surface area contributed by atoms with E-state index >= 15 is 0 Å². The summed E-state index contributed by atoms with van der Waals surface area (Å²) in [4.78, 5) is 43.0. The van der Waals surface area contributed by atoms with Gasteiger partial charge in [-0.1, -0.05) is 50.5 Å². The van der Waals surface area contributed by atoms with Crippen LogP contribution < -0.4 is 15.4 Å². The average molecular weight is 537 g/mol. The molecule has 1 aliphatic carbocycles. The summed E-state index contributed by atoms with van der Waals surface area (Å²) in [7, 11) is 1.70. The first-order valence-corrected chi connectivity index (χ1v) is 13.9. The third-order valence-electron chi connectivity index (χ3n) is 7.75. The van der Waals surface area contributed by atoms with Crippen LogP contribution in [0.15, 0.2) is 48.5 Å². The number of nitrogens with zero attached hydrogens (tertiary/aromatic N) is 2. The fourth-order valence-electron chi connectivity index (χ4n) is 5.25. The van der Waals surface area contributed by atoms with Crippen LogP contribution in [0, 0.1) is 11.8 Å².